The van der Waals surface area contributed by atoms with Crippen LogP contribution < -0.4 is 10.2 Å². The number of amidine groups is 1. The second-order valence-electron chi connectivity index (χ2n) is 6.67. The van der Waals surface area contributed by atoms with Gasteiger partial charge in [-0.05, 0) is 17.2 Å². The minimum atomic E-state index is -1.26. The van der Waals surface area contributed by atoms with Crippen molar-refractivity contribution in [1.29, 1.82) is 0 Å². The molecule has 7 nitrogen and oxygen atoms in total. The molecule has 0 fully saturated rings. The van der Waals surface area contributed by atoms with Crippen molar-refractivity contribution in [3.05, 3.63) is 77.9 Å². The van der Waals surface area contributed by atoms with Gasteiger partial charge in [-0.3, -0.25) is 4.99 Å². The average Bonchev–Trinajstić information content (AvgIpc) is 3.36. The van der Waals surface area contributed by atoms with E-state index in [9.17, 15) is 9.59 Å². The fourth-order valence-corrected chi connectivity index (χ4v) is 3.45. The van der Waals surface area contributed by atoms with Gasteiger partial charge in [-0.2, -0.15) is 0 Å². The lowest BCUT2D eigenvalue weighted by atomic mass is 10.1. The normalized spacial score (nSPS) is 17.2. The lowest BCUT2D eigenvalue weighted by molar-refractivity contribution is -0.134. The summed E-state index contributed by atoms with van der Waals surface area (Å²) in [6.07, 6.45) is 2.17. The molecule has 0 bridgehead atoms. The van der Waals surface area contributed by atoms with Gasteiger partial charge in [0.05, 0.1) is 12.6 Å². The van der Waals surface area contributed by atoms with Crippen molar-refractivity contribution >= 4 is 23.5 Å². The predicted octanol–water partition coefficient (Wildman–Crippen LogP) is 2.33. The maximum Gasteiger partial charge on any atom is 0.328 e. The van der Waals surface area contributed by atoms with Gasteiger partial charge in [0.15, 0.2) is 0 Å². The van der Waals surface area contributed by atoms with E-state index in [0.717, 1.165) is 31.9 Å². The van der Waals surface area contributed by atoms with Crippen LogP contribution in [-0.2, 0) is 22.6 Å². The highest BCUT2D eigenvalue weighted by Crippen LogP contribution is 2.33. The van der Waals surface area contributed by atoms with Crippen molar-refractivity contribution < 1.29 is 19.8 Å². The summed E-state index contributed by atoms with van der Waals surface area (Å²) < 4.78 is 0. The first-order chi connectivity index (χ1) is 14.0. The van der Waals surface area contributed by atoms with E-state index >= 15 is 0 Å². The van der Waals surface area contributed by atoms with Gasteiger partial charge in [0.1, 0.15) is 5.84 Å². The van der Waals surface area contributed by atoms with Crippen LogP contribution in [0.25, 0.3) is 0 Å². The third-order valence-corrected chi connectivity index (χ3v) is 4.67. The van der Waals surface area contributed by atoms with Gasteiger partial charge in [-0.1, -0.05) is 48.5 Å². The van der Waals surface area contributed by atoms with Crippen molar-refractivity contribution in [3.8, 4) is 0 Å². The Morgan fingerprint density at radius 1 is 1.03 bits per heavy atom. The fraction of sp³-hybridized carbons (Fsp3) is 0.227. The SMILES string of the molecule is O=C(O)/C=C/C(=O)O.c1ccc(CN2c3ccccc3CC2C2=NCCN2)cc1. The molecule has 0 spiro atoms. The maximum atomic E-state index is 9.55. The molecular formula is C22H23N3O4. The van der Waals surface area contributed by atoms with Crippen molar-refractivity contribution in [2.75, 3.05) is 18.0 Å². The number of carbonyl (C=O) groups is 2. The van der Waals surface area contributed by atoms with E-state index in [-0.39, 0.29) is 0 Å². The van der Waals surface area contributed by atoms with Crippen LogP contribution in [0.5, 0.6) is 0 Å². The Morgan fingerprint density at radius 3 is 2.31 bits per heavy atom. The zero-order valence-electron chi connectivity index (χ0n) is 15.9. The Balaban J connectivity index is 0.000000258. The van der Waals surface area contributed by atoms with Crippen LogP contribution in [0.2, 0.25) is 0 Å². The first kappa shape index (κ1) is 20.1. The molecule has 0 amide bonds. The zero-order valence-corrected chi connectivity index (χ0v) is 15.9. The smallest absolute Gasteiger partial charge is 0.328 e. The third-order valence-electron chi connectivity index (χ3n) is 4.67. The summed E-state index contributed by atoms with van der Waals surface area (Å²) in [4.78, 5) is 26.3. The topological polar surface area (TPSA) is 102 Å². The predicted molar refractivity (Wildman–Crippen MR) is 111 cm³/mol. The molecule has 1 atom stereocenters. The third kappa shape index (κ3) is 5.44. The number of para-hydroxylation sites is 1. The van der Waals surface area contributed by atoms with Gasteiger partial charge in [0, 0.05) is 37.3 Å². The first-order valence-corrected chi connectivity index (χ1v) is 9.35. The largest absolute Gasteiger partial charge is 0.478 e. The first-order valence-electron chi connectivity index (χ1n) is 9.35. The molecule has 0 saturated heterocycles. The molecule has 3 N–H and O–H groups in total. The molecule has 2 aliphatic heterocycles. The van der Waals surface area contributed by atoms with Crippen molar-refractivity contribution in [3.63, 3.8) is 0 Å². The van der Waals surface area contributed by atoms with Gasteiger partial charge in [0.2, 0.25) is 0 Å². The lowest BCUT2D eigenvalue weighted by Gasteiger charge is -2.28. The van der Waals surface area contributed by atoms with E-state index < -0.39 is 11.9 Å². The van der Waals surface area contributed by atoms with Gasteiger partial charge in [0.25, 0.3) is 0 Å². The number of fused-ring (bicyclic) bond motifs is 1. The van der Waals surface area contributed by atoms with Crippen LogP contribution in [0.15, 0.2) is 71.7 Å². The number of aliphatic imine (C=N–C) groups is 1. The molecule has 2 aliphatic rings. The summed E-state index contributed by atoms with van der Waals surface area (Å²) >= 11 is 0. The molecule has 2 aromatic rings. The standard InChI is InChI=1S/C18H19N3.C4H4O4/c1-2-6-14(7-3-1)13-21-16-9-5-4-8-15(16)12-17(21)18-19-10-11-20-18;5-3(6)1-2-4(7)8/h1-9,17H,10-13H2,(H,19,20);1-2H,(H,5,6)(H,7,8)/b;2-1+. The number of anilines is 1. The number of hydrogen-bond donors (Lipinski definition) is 3. The van der Waals surface area contributed by atoms with Crippen LogP contribution in [-0.4, -0.2) is 47.1 Å². The van der Waals surface area contributed by atoms with Gasteiger partial charge in [-0.15, -0.1) is 0 Å². The molecule has 1 unspecified atom stereocenters. The summed E-state index contributed by atoms with van der Waals surface area (Å²) in [7, 11) is 0. The van der Waals surface area contributed by atoms with Crippen LogP contribution in [0.1, 0.15) is 11.1 Å². The van der Waals surface area contributed by atoms with Gasteiger partial charge in [-0.25, -0.2) is 9.59 Å². The van der Waals surface area contributed by atoms with Crippen LogP contribution >= 0.6 is 0 Å². The van der Waals surface area contributed by atoms with Crippen molar-refractivity contribution in [1.82, 2.24) is 5.32 Å². The molecule has 2 heterocycles. The molecule has 7 heteroatoms. The number of carboxylic acids is 2. The molecular weight excluding hydrogens is 370 g/mol. The van der Waals surface area contributed by atoms with Crippen LogP contribution in [0.3, 0.4) is 0 Å². The molecule has 0 saturated carbocycles. The summed E-state index contributed by atoms with van der Waals surface area (Å²) in [5.41, 5.74) is 4.12. The Labute approximate surface area is 169 Å². The average molecular weight is 393 g/mol. The summed E-state index contributed by atoms with van der Waals surface area (Å²) in [5.74, 6) is -1.36. The minimum Gasteiger partial charge on any atom is -0.478 e. The molecule has 2 aromatic carbocycles. The molecule has 0 aliphatic carbocycles. The second-order valence-corrected chi connectivity index (χ2v) is 6.67. The van der Waals surface area contributed by atoms with Gasteiger partial charge < -0.3 is 20.4 Å². The Bertz CT molecular complexity index is 909. The van der Waals surface area contributed by atoms with E-state index in [2.05, 4.69) is 69.8 Å². The van der Waals surface area contributed by atoms with Gasteiger partial charge >= 0.3 is 11.9 Å². The lowest BCUT2D eigenvalue weighted by Crippen LogP contribution is -2.43. The quantitative estimate of drug-likeness (QED) is 0.674. The van der Waals surface area contributed by atoms with E-state index in [1.165, 1.54) is 16.8 Å². The highest BCUT2D eigenvalue weighted by Gasteiger charge is 2.33. The summed E-state index contributed by atoms with van der Waals surface area (Å²) in [6.45, 7) is 2.81. The number of nitrogens with one attached hydrogen (secondary N) is 1. The molecule has 29 heavy (non-hydrogen) atoms. The van der Waals surface area contributed by atoms with E-state index in [1.807, 2.05) is 0 Å². The van der Waals surface area contributed by atoms with Crippen LogP contribution in [0.4, 0.5) is 5.69 Å². The van der Waals surface area contributed by atoms with Crippen molar-refractivity contribution in [2.45, 2.75) is 19.0 Å². The monoisotopic (exact) mass is 393 g/mol. The Hall–Kier alpha value is -3.61. The van der Waals surface area contributed by atoms with E-state index in [1.54, 1.807) is 0 Å². The minimum absolute atomic E-state index is 0.352. The van der Waals surface area contributed by atoms with Crippen molar-refractivity contribution in [2.24, 2.45) is 4.99 Å². The highest BCUT2D eigenvalue weighted by atomic mass is 16.4. The number of aliphatic carboxylic acids is 2. The molecule has 0 aromatic heterocycles. The number of benzene rings is 2. The Kier molecular flexibility index (Phi) is 6.63. The zero-order chi connectivity index (χ0) is 20.6. The summed E-state index contributed by atoms with van der Waals surface area (Å²) in [6, 6.07) is 19.8. The number of nitrogens with zero attached hydrogens (tertiary/aromatic N) is 2. The molecule has 0 radical (unpaired) electrons. The second kappa shape index (κ2) is 9.54. The molecule has 150 valence electrons. The number of carboxylic acid groups (broad SMARTS) is 2. The fourth-order valence-electron chi connectivity index (χ4n) is 3.45. The maximum absolute atomic E-state index is 9.55. The molecule has 4 rings (SSSR count). The number of hydrogen-bond acceptors (Lipinski definition) is 5. The van der Waals surface area contributed by atoms with E-state index in [4.69, 9.17) is 10.2 Å². The highest BCUT2D eigenvalue weighted by molar-refractivity contribution is 5.93. The van der Waals surface area contributed by atoms with E-state index in [0.29, 0.717) is 18.2 Å². The summed E-state index contributed by atoms with van der Waals surface area (Å²) in [5, 5.41) is 19.1. The Morgan fingerprint density at radius 2 is 1.69 bits per heavy atom. The number of rotatable bonds is 5. The van der Waals surface area contributed by atoms with Crippen LogP contribution in [0, 0.1) is 0 Å².